The number of azide groups is 2. The summed E-state index contributed by atoms with van der Waals surface area (Å²) in [5.74, 6) is 0. The molecule has 15 nitrogen and oxygen atoms in total. The number of ether oxygens (including phenoxy) is 3. The summed E-state index contributed by atoms with van der Waals surface area (Å²) >= 11 is 0. The van der Waals surface area contributed by atoms with Crippen LogP contribution in [0.1, 0.15) is 0 Å². The summed E-state index contributed by atoms with van der Waals surface area (Å²) in [6, 6.07) is 0. The Bertz CT molecular complexity index is 1130. The first-order chi connectivity index (χ1) is 22.9. The zero-order valence-corrected chi connectivity index (χ0v) is 40.5. The monoisotopic (exact) mass is 824 g/mol. The zero-order chi connectivity index (χ0) is 39.4. The van der Waals surface area contributed by atoms with Gasteiger partial charge < -0.3 is 40.8 Å². The van der Waals surface area contributed by atoms with E-state index in [2.05, 4.69) is 138 Å². The van der Waals surface area contributed by atoms with Crippen LogP contribution in [0.2, 0.25) is 118 Å². The maximum atomic E-state index is 9.38. The fourth-order valence-electron chi connectivity index (χ4n) is 5.89. The molecule has 0 bridgehead atoms. The minimum Gasteiger partial charge on any atom is -0.409 e. The van der Waals surface area contributed by atoms with Gasteiger partial charge in [-0.15, -0.1) is 0 Å². The molecule has 0 radical (unpaired) electrons. The van der Waals surface area contributed by atoms with E-state index in [1.54, 1.807) is 0 Å². The van der Waals surface area contributed by atoms with Gasteiger partial charge in [0, 0.05) is 9.82 Å². The molecule has 21 heteroatoms. The Labute approximate surface area is 313 Å². The third-order valence-electron chi connectivity index (χ3n) is 7.04. The lowest BCUT2D eigenvalue weighted by Crippen LogP contribution is -2.69. The molecule has 10 atom stereocenters. The summed E-state index contributed by atoms with van der Waals surface area (Å²) < 4.78 is 61.9. The van der Waals surface area contributed by atoms with Crippen molar-refractivity contribution in [2.45, 2.75) is 179 Å². The van der Waals surface area contributed by atoms with Gasteiger partial charge in [-0.05, 0) is 129 Å². The molecule has 0 aromatic carbocycles. The van der Waals surface area contributed by atoms with E-state index < -0.39 is 111 Å². The molecule has 2 heterocycles. The van der Waals surface area contributed by atoms with Crippen LogP contribution in [0.15, 0.2) is 10.2 Å². The maximum absolute atomic E-state index is 9.38. The molecule has 0 N–H and O–H groups in total. The Morgan fingerprint density at radius 3 is 0.882 bits per heavy atom. The fourth-order valence-corrected chi connectivity index (χ4v) is 12.4. The molecule has 0 amide bonds. The van der Waals surface area contributed by atoms with Gasteiger partial charge in [-0.2, -0.15) is 0 Å². The summed E-state index contributed by atoms with van der Waals surface area (Å²) in [6.07, 6.45) is -7.23. The fraction of sp³-hybridized carbons (Fsp3) is 1.00. The van der Waals surface area contributed by atoms with Gasteiger partial charge in [0.2, 0.25) is 0 Å². The van der Waals surface area contributed by atoms with Gasteiger partial charge in [-0.3, -0.25) is 0 Å². The Balaban J connectivity index is 2.84. The Morgan fingerprint density at radius 2 is 0.647 bits per heavy atom. The van der Waals surface area contributed by atoms with Crippen LogP contribution in [0.5, 0.6) is 0 Å². The molecule has 2 rings (SSSR count). The predicted octanol–water partition coefficient (Wildman–Crippen LogP) is 8.39. The van der Waals surface area contributed by atoms with Crippen LogP contribution < -0.4 is 0 Å². The number of hydrogen-bond donors (Lipinski definition) is 0. The molecule has 0 saturated carbocycles. The van der Waals surface area contributed by atoms with E-state index >= 15 is 0 Å². The smallest absolute Gasteiger partial charge is 0.188 e. The molecule has 2 saturated heterocycles. The van der Waals surface area contributed by atoms with Gasteiger partial charge in [0.1, 0.15) is 24.4 Å². The van der Waals surface area contributed by atoms with E-state index in [1.807, 2.05) is 0 Å². The van der Waals surface area contributed by atoms with Crippen LogP contribution in [0, 0.1) is 0 Å². The first kappa shape index (κ1) is 46.7. The average molecular weight is 825 g/mol. The van der Waals surface area contributed by atoms with Crippen molar-refractivity contribution in [1.82, 2.24) is 0 Å². The van der Waals surface area contributed by atoms with Crippen LogP contribution in [0.3, 0.4) is 0 Å². The van der Waals surface area contributed by atoms with Gasteiger partial charge in [-0.1, -0.05) is 10.2 Å². The normalized spacial score (nSPS) is 31.5. The highest BCUT2D eigenvalue weighted by atomic mass is 28.4. The molecule has 0 aromatic rings. The zero-order valence-electron chi connectivity index (χ0n) is 34.5. The van der Waals surface area contributed by atoms with Crippen molar-refractivity contribution in [3.05, 3.63) is 20.9 Å². The first-order valence-electron chi connectivity index (χ1n) is 18.0. The van der Waals surface area contributed by atoms with Crippen molar-refractivity contribution in [1.29, 1.82) is 0 Å². The third kappa shape index (κ3) is 16.9. The van der Waals surface area contributed by atoms with Crippen molar-refractivity contribution in [3.8, 4) is 0 Å². The quantitative estimate of drug-likeness (QED) is 0.0568. The van der Waals surface area contributed by atoms with Crippen LogP contribution in [0.25, 0.3) is 20.9 Å². The largest absolute Gasteiger partial charge is 0.409 e. The molecule has 2 aliphatic rings. The molecule has 2 aliphatic heterocycles. The molecular weight excluding hydrogens is 757 g/mol. The van der Waals surface area contributed by atoms with Crippen molar-refractivity contribution in [2.24, 2.45) is 10.2 Å². The predicted molar refractivity (Wildman–Crippen MR) is 216 cm³/mol. The topological polar surface area (TPSA) is 181 Å². The summed E-state index contributed by atoms with van der Waals surface area (Å²) in [5, 5.41) is 7.85. The van der Waals surface area contributed by atoms with E-state index in [0.29, 0.717) is 0 Å². The number of rotatable bonds is 18. The average Bonchev–Trinajstić information content (AvgIpc) is 2.89. The highest BCUT2D eigenvalue weighted by molar-refractivity contribution is 6.71. The minimum atomic E-state index is -2.28. The second-order valence-electron chi connectivity index (χ2n) is 19.2. The second-order valence-corrected chi connectivity index (χ2v) is 46.0. The van der Waals surface area contributed by atoms with Crippen LogP contribution in [0.4, 0.5) is 0 Å². The summed E-state index contributed by atoms with van der Waals surface area (Å²) in [4.78, 5) is 6.10. The molecule has 0 spiro atoms. The highest BCUT2D eigenvalue weighted by Crippen LogP contribution is 2.39. The van der Waals surface area contributed by atoms with Crippen molar-refractivity contribution in [3.63, 3.8) is 0 Å². The van der Waals surface area contributed by atoms with Crippen molar-refractivity contribution < 1.29 is 40.8 Å². The summed E-state index contributed by atoms with van der Waals surface area (Å²) in [5.41, 5.74) is 18.8. The van der Waals surface area contributed by atoms with E-state index in [1.165, 1.54) is 0 Å². The SMILES string of the molecule is C[Si](C)(C)O[C@@H]1[C@@H](O[Si](C)(C)C)[C@@H](O[C@@H]2O[C@@H](CN=[N+]=[N-])[C@H](O[Si](C)(C)C)[C@@H](O[Si](C)(C)C)[C@@H]2O[Si](C)(C)C)O[C@H](CN=[N+]=[N-])[C@H]1O[Si](C)(C)C. The lowest BCUT2D eigenvalue weighted by Gasteiger charge is -2.53. The number of hydrogen-bond acceptors (Lipinski definition) is 11. The third-order valence-corrected chi connectivity index (χ3v) is 12.9. The second kappa shape index (κ2) is 18.0. The van der Waals surface area contributed by atoms with Crippen molar-refractivity contribution in [2.75, 3.05) is 13.1 Å². The van der Waals surface area contributed by atoms with Crippen LogP contribution in [-0.2, 0) is 40.8 Å². The Morgan fingerprint density at radius 1 is 0.412 bits per heavy atom. The molecular formula is C30H68N6O9Si6. The minimum absolute atomic E-state index is 0.00405. The Kier molecular flexibility index (Phi) is 16.5. The molecule has 2 fully saturated rings. The molecule has 0 unspecified atom stereocenters. The van der Waals surface area contributed by atoms with Gasteiger partial charge in [-0.25, -0.2) is 0 Å². The molecule has 51 heavy (non-hydrogen) atoms. The van der Waals surface area contributed by atoms with Gasteiger partial charge >= 0.3 is 0 Å². The van der Waals surface area contributed by atoms with E-state index in [-0.39, 0.29) is 13.1 Å². The highest BCUT2D eigenvalue weighted by Gasteiger charge is 2.56. The molecule has 0 aromatic heterocycles. The Hall–Kier alpha value is -0.439. The number of nitrogens with zero attached hydrogens (tertiary/aromatic N) is 6. The lowest BCUT2D eigenvalue weighted by molar-refractivity contribution is -0.363. The van der Waals surface area contributed by atoms with Gasteiger partial charge in [0.05, 0.1) is 37.5 Å². The van der Waals surface area contributed by atoms with E-state index in [4.69, 9.17) is 40.8 Å². The van der Waals surface area contributed by atoms with Crippen LogP contribution >= 0.6 is 0 Å². The molecule has 296 valence electrons. The van der Waals surface area contributed by atoms with Crippen molar-refractivity contribution >= 4 is 49.9 Å². The first-order valence-corrected chi connectivity index (χ1v) is 38.4. The van der Waals surface area contributed by atoms with E-state index in [0.717, 1.165) is 0 Å². The molecule has 0 aliphatic carbocycles. The van der Waals surface area contributed by atoms with Gasteiger partial charge in [0.25, 0.3) is 0 Å². The summed E-state index contributed by atoms with van der Waals surface area (Å²) in [7, 11) is -13.4. The maximum Gasteiger partial charge on any atom is 0.188 e. The lowest BCUT2D eigenvalue weighted by atomic mass is 9.97. The van der Waals surface area contributed by atoms with Gasteiger partial charge in [0.15, 0.2) is 62.5 Å². The van der Waals surface area contributed by atoms with E-state index in [9.17, 15) is 11.1 Å². The standard InChI is InChI=1S/C30H68N6O9Si6/c1-46(2,3)40-23-21(19-33-35-31)37-29(27(44-50(13,14)15)25(23)42-48(7,8)9)39-30-28(45-51(16,17)18)26(43-49(10,11)12)24(41-47(4,5)6)22(38-30)20-34-36-32/h21-30H,19-20H2,1-18H3/t21-,22+,23-,24+,25+,26-,27-,28+,29-,30+. The summed E-state index contributed by atoms with van der Waals surface area (Å²) in [6.45, 7) is 38.0. The van der Waals surface area contributed by atoms with Crippen LogP contribution in [-0.4, -0.2) is 124 Å².